The Morgan fingerprint density at radius 1 is 1.41 bits per heavy atom. The molecule has 2 unspecified atom stereocenters. The van der Waals surface area contributed by atoms with Crippen molar-refractivity contribution in [2.45, 2.75) is 26.0 Å². The van der Waals surface area contributed by atoms with Crippen LogP contribution in [0.25, 0.3) is 0 Å². The van der Waals surface area contributed by atoms with E-state index in [1.165, 1.54) is 6.07 Å². The lowest BCUT2D eigenvalue weighted by molar-refractivity contribution is 0.0316. The van der Waals surface area contributed by atoms with Gasteiger partial charge in [0, 0.05) is 25.2 Å². The van der Waals surface area contributed by atoms with Crippen LogP contribution in [0.2, 0.25) is 0 Å². The fourth-order valence-corrected chi connectivity index (χ4v) is 2.27. The van der Waals surface area contributed by atoms with Crippen LogP contribution in [0.5, 0.6) is 0 Å². The number of halogens is 2. The molecule has 0 amide bonds. The smallest absolute Gasteiger partial charge is 0.127 e. The summed E-state index contributed by atoms with van der Waals surface area (Å²) in [6, 6.07) is 3.53. The molecule has 2 rings (SSSR count). The maximum atomic E-state index is 13.5. The van der Waals surface area contributed by atoms with Gasteiger partial charge in [-0.1, -0.05) is 6.92 Å². The van der Waals surface area contributed by atoms with Gasteiger partial charge in [-0.05, 0) is 30.5 Å². The molecule has 1 fully saturated rings. The number of aliphatic hydroxyl groups is 1. The normalized spacial score (nSPS) is 26.1. The van der Waals surface area contributed by atoms with E-state index >= 15 is 0 Å². The molecule has 2 nitrogen and oxygen atoms in total. The van der Waals surface area contributed by atoms with Crippen LogP contribution >= 0.6 is 0 Å². The van der Waals surface area contributed by atoms with E-state index in [1.807, 2.05) is 6.92 Å². The Labute approximate surface area is 99.9 Å². The van der Waals surface area contributed by atoms with Crippen molar-refractivity contribution in [3.05, 3.63) is 35.4 Å². The fraction of sp³-hybridized carbons (Fsp3) is 0.538. The van der Waals surface area contributed by atoms with Gasteiger partial charge in [0.1, 0.15) is 11.6 Å². The van der Waals surface area contributed by atoms with Gasteiger partial charge in [-0.2, -0.15) is 0 Å². The number of rotatable bonds is 2. The Balaban J connectivity index is 2.03. The highest BCUT2D eigenvalue weighted by molar-refractivity contribution is 5.18. The van der Waals surface area contributed by atoms with Crippen LogP contribution in [-0.4, -0.2) is 29.2 Å². The van der Waals surface area contributed by atoms with Gasteiger partial charge in [-0.15, -0.1) is 0 Å². The van der Waals surface area contributed by atoms with Crippen molar-refractivity contribution in [1.29, 1.82) is 0 Å². The minimum absolute atomic E-state index is 0.181. The fourth-order valence-electron chi connectivity index (χ4n) is 2.27. The van der Waals surface area contributed by atoms with Crippen molar-refractivity contribution in [2.24, 2.45) is 5.92 Å². The number of piperidine rings is 1. The number of nitrogens with zero attached hydrogens (tertiary/aromatic N) is 1. The molecule has 2 atom stereocenters. The SMILES string of the molecule is CC1CN(Cc2cc(F)ccc2F)CCC1O. The first-order valence-corrected chi connectivity index (χ1v) is 5.90. The molecule has 0 aromatic heterocycles. The largest absolute Gasteiger partial charge is 0.393 e. The lowest BCUT2D eigenvalue weighted by atomic mass is 9.96. The molecule has 1 saturated heterocycles. The summed E-state index contributed by atoms with van der Waals surface area (Å²) in [5, 5.41) is 9.60. The first kappa shape index (κ1) is 12.5. The summed E-state index contributed by atoms with van der Waals surface area (Å²) in [4.78, 5) is 2.05. The lowest BCUT2D eigenvalue weighted by Crippen LogP contribution is -2.41. The number of aliphatic hydroxyl groups excluding tert-OH is 1. The molecule has 0 bridgehead atoms. The molecule has 17 heavy (non-hydrogen) atoms. The quantitative estimate of drug-likeness (QED) is 0.857. The highest BCUT2D eigenvalue weighted by Gasteiger charge is 2.24. The summed E-state index contributed by atoms with van der Waals surface area (Å²) in [7, 11) is 0. The van der Waals surface area contributed by atoms with Gasteiger partial charge in [0.15, 0.2) is 0 Å². The summed E-state index contributed by atoms with van der Waals surface area (Å²) in [5.74, 6) is -0.600. The van der Waals surface area contributed by atoms with E-state index in [4.69, 9.17) is 0 Å². The van der Waals surface area contributed by atoms with Gasteiger partial charge < -0.3 is 5.11 Å². The van der Waals surface area contributed by atoms with Gasteiger partial charge >= 0.3 is 0 Å². The van der Waals surface area contributed by atoms with E-state index < -0.39 is 5.82 Å². The van der Waals surface area contributed by atoms with Crippen LogP contribution in [0.3, 0.4) is 0 Å². The van der Waals surface area contributed by atoms with Crippen LogP contribution in [0.15, 0.2) is 18.2 Å². The van der Waals surface area contributed by atoms with E-state index in [0.717, 1.165) is 25.2 Å². The van der Waals surface area contributed by atoms with E-state index in [-0.39, 0.29) is 17.8 Å². The first-order chi connectivity index (χ1) is 8.06. The predicted molar refractivity (Wildman–Crippen MR) is 61.4 cm³/mol. The van der Waals surface area contributed by atoms with Crippen LogP contribution in [0.4, 0.5) is 8.78 Å². The second-order valence-corrected chi connectivity index (χ2v) is 4.80. The third-order valence-electron chi connectivity index (χ3n) is 3.35. The Morgan fingerprint density at radius 3 is 2.88 bits per heavy atom. The molecule has 0 saturated carbocycles. The molecule has 0 spiro atoms. The summed E-state index contributed by atoms with van der Waals surface area (Å²) >= 11 is 0. The maximum Gasteiger partial charge on any atom is 0.127 e. The first-order valence-electron chi connectivity index (χ1n) is 5.90. The van der Waals surface area contributed by atoms with E-state index in [2.05, 4.69) is 4.90 Å². The molecule has 1 heterocycles. The van der Waals surface area contributed by atoms with Crippen molar-refractivity contribution in [3.63, 3.8) is 0 Å². The van der Waals surface area contributed by atoms with Gasteiger partial charge in [0.2, 0.25) is 0 Å². The molecule has 94 valence electrons. The average molecular weight is 241 g/mol. The Hall–Kier alpha value is -1.00. The summed E-state index contributed by atoms with van der Waals surface area (Å²) in [6.45, 7) is 3.82. The van der Waals surface area contributed by atoms with E-state index in [9.17, 15) is 13.9 Å². The van der Waals surface area contributed by atoms with Crippen molar-refractivity contribution >= 4 is 0 Å². The van der Waals surface area contributed by atoms with Crippen molar-refractivity contribution < 1.29 is 13.9 Å². The highest BCUT2D eigenvalue weighted by atomic mass is 19.1. The molecule has 0 aliphatic carbocycles. The summed E-state index contributed by atoms with van der Waals surface area (Å²) < 4.78 is 26.5. The second kappa shape index (κ2) is 5.10. The van der Waals surface area contributed by atoms with Crippen molar-refractivity contribution in [2.75, 3.05) is 13.1 Å². The van der Waals surface area contributed by atoms with Gasteiger partial charge in [-0.25, -0.2) is 8.78 Å². The predicted octanol–water partition coefficient (Wildman–Crippen LogP) is 2.17. The third kappa shape index (κ3) is 3.01. The molecule has 1 aliphatic rings. The molecular formula is C13H17F2NO. The lowest BCUT2D eigenvalue weighted by Gasteiger charge is -2.34. The standard InChI is InChI=1S/C13H17F2NO/c1-9-7-16(5-4-13(9)17)8-10-6-11(14)2-3-12(10)15/h2-3,6,9,13,17H,4-5,7-8H2,1H3. The molecule has 1 aromatic carbocycles. The van der Waals surface area contributed by atoms with Gasteiger partial charge in [-0.3, -0.25) is 4.90 Å². The number of benzene rings is 1. The van der Waals surface area contributed by atoms with Crippen molar-refractivity contribution in [3.8, 4) is 0 Å². The van der Waals surface area contributed by atoms with Gasteiger partial charge in [0.05, 0.1) is 6.10 Å². The zero-order valence-corrected chi connectivity index (χ0v) is 9.87. The number of hydrogen-bond acceptors (Lipinski definition) is 2. The van der Waals surface area contributed by atoms with E-state index in [1.54, 1.807) is 0 Å². The summed E-state index contributed by atoms with van der Waals surface area (Å²) in [6.07, 6.45) is 0.418. The van der Waals surface area contributed by atoms with Crippen LogP contribution < -0.4 is 0 Å². The Bertz CT molecular complexity index is 397. The molecule has 1 N–H and O–H groups in total. The molecule has 4 heteroatoms. The number of hydrogen-bond donors (Lipinski definition) is 1. The molecule has 1 aliphatic heterocycles. The minimum Gasteiger partial charge on any atom is -0.393 e. The second-order valence-electron chi connectivity index (χ2n) is 4.80. The average Bonchev–Trinajstić information content (AvgIpc) is 2.29. The van der Waals surface area contributed by atoms with Crippen LogP contribution in [0, 0.1) is 17.6 Å². The minimum atomic E-state index is -0.411. The van der Waals surface area contributed by atoms with E-state index in [0.29, 0.717) is 18.5 Å². The molecule has 1 aromatic rings. The number of likely N-dealkylation sites (tertiary alicyclic amines) is 1. The Kier molecular flexibility index (Phi) is 3.74. The Morgan fingerprint density at radius 2 is 2.18 bits per heavy atom. The van der Waals surface area contributed by atoms with Crippen LogP contribution in [0.1, 0.15) is 18.9 Å². The maximum absolute atomic E-state index is 13.5. The monoisotopic (exact) mass is 241 g/mol. The topological polar surface area (TPSA) is 23.5 Å². The zero-order chi connectivity index (χ0) is 12.4. The van der Waals surface area contributed by atoms with Gasteiger partial charge in [0.25, 0.3) is 0 Å². The zero-order valence-electron chi connectivity index (χ0n) is 9.87. The molecule has 0 radical (unpaired) electrons. The molecular weight excluding hydrogens is 224 g/mol. The van der Waals surface area contributed by atoms with Crippen molar-refractivity contribution in [1.82, 2.24) is 4.90 Å². The third-order valence-corrected chi connectivity index (χ3v) is 3.35. The highest BCUT2D eigenvalue weighted by Crippen LogP contribution is 2.20. The van der Waals surface area contributed by atoms with Crippen LogP contribution in [-0.2, 0) is 6.54 Å². The summed E-state index contributed by atoms with van der Waals surface area (Å²) in [5.41, 5.74) is 0.383.